The second-order valence-electron chi connectivity index (χ2n) is 3.91. The molecule has 7 heteroatoms. The molecule has 2 rings (SSSR count). The van der Waals surface area contributed by atoms with E-state index in [1.54, 1.807) is 0 Å². The van der Waals surface area contributed by atoms with Crippen LogP contribution in [0.3, 0.4) is 0 Å². The first-order valence-electron chi connectivity index (χ1n) is 6.06. The fraction of sp³-hybridized carbons (Fsp3) is 0. The number of carbonyl (C=O) groups is 1. The van der Waals surface area contributed by atoms with Crippen LogP contribution in [0.25, 0.3) is 0 Å². The molecule has 2 aromatic carbocycles. The Balaban J connectivity index is 1.98. The smallest absolute Gasteiger partial charge is 0.345 e. The maximum Gasteiger partial charge on any atom is 0.345 e. The Morgan fingerprint density at radius 3 is 2.05 bits per heavy atom. The minimum absolute atomic E-state index is 0.324. The van der Waals surface area contributed by atoms with Gasteiger partial charge in [-0.1, -0.05) is 36.4 Å². The highest BCUT2D eigenvalue weighted by Gasteiger charge is 2.18. The summed E-state index contributed by atoms with van der Waals surface area (Å²) in [5.41, 5.74) is 5.47. The quantitative estimate of drug-likeness (QED) is 0.459. The second-order valence-corrected chi connectivity index (χ2v) is 5.81. The summed E-state index contributed by atoms with van der Waals surface area (Å²) >= 11 is 2.28. The largest absolute Gasteiger partial charge is 0.369 e. The number of nitrogens with one attached hydrogen (secondary N) is 2. The van der Waals surface area contributed by atoms with Crippen molar-refractivity contribution in [1.29, 1.82) is 5.41 Å². The molecule has 5 nitrogen and oxygen atoms in total. The van der Waals surface area contributed by atoms with Crippen LogP contribution in [0.2, 0.25) is 0 Å². The number of carbonyl (C=O) groups excluding carboxylic acids is 1. The Bertz CT molecular complexity index is 607. The number of hydrogen-bond acceptors (Lipinski definition) is 4. The highest BCUT2D eigenvalue weighted by Crippen LogP contribution is 2.23. The van der Waals surface area contributed by atoms with Crippen molar-refractivity contribution in [3.05, 3.63) is 60.7 Å². The molecule has 0 aliphatic rings. The van der Waals surface area contributed by atoms with Gasteiger partial charge in [-0.2, -0.15) is 4.31 Å². The Morgan fingerprint density at radius 1 is 1.00 bits per heavy atom. The van der Waals surface area contributed by atoms with E-state index in [0.29, 0.717) is 0 Å². The van der Waals surface area contributed by atoms with Crippen molar-refractivity contribution in [2.45, 2.75) is 9.79 Å². The van der Waals surface area contributed by atoms with Gasteiger partial charge in [-0.05, 0) is 48.2 Å². The molecule has 0 heterocycles. The van der Waals surface area contributed by atoms with Crippen LogP contribution in [0.4, 0.5) is 4.79 Å². The minimum atomic E-state index is -0.454. The Hall–Kier alpha value is -2.12. The summed E-state index contributed by atoms with van der Waals surface area (Å²) in [6, 6.07) is 18.3. The fourth-order valence-corrected chi connectivity index (χ4v) is 2.78. The monoisotopic (exact) mass is 318 g/mol. The van der Waals surface area contributed by atoms with E-state index in [1.807, 2.05) is 60.7 Å². The van der Waals surface area contributed by atoms with E-state index in [9.17, 15) is 4.79 Å². The van der Waals surface area contributed by atoms with Crippen molar-refractivity contribution in [2.75, 3.05) is 0 Å². The lowest BCUT2D eigenvalue weighted by Gasteiger charge is -2.19. The third-order valence-electron chi connectivity index (χ3n) is 2.34. The van der Waals surface area contributed by atoms with E-state index in [2.05, 4.69) is 4.72 Å². The normalized spacial score (nSPS) is 9.90. The molecule has 0 bridgehead atoms. The molecule has 0 saturated carbocycles. The molecule has 0 fully saturated rings. The molecule has 4 N–H and O–H groups in total. The molecule has 0 spiro atoms. The summed E-state index contributed by atoms with van der Waals surface area (Å²) in [6.45, 7) is 0. The zero-order valence-electron chi connectivity index (χ0n) is 11.0. The summed E-state index contributed by atoms with van der Waals surface area (Å²) in [5, 5.41) is 7.53. The predicted molar refractivity (Wildman–Crippen MR) is 86.9 cm³/mol. The molecule has 2 amide bonds. The summed E-state index contributed by atoms with van der Waals surface area (Å²) in [4.78, 5) is 13.8. The van der Waals surface area contributed by atoms with Crippen LogP contribution in [-0.2, 0) is 0 Å². The van der Waals surface area contributed by atoms with E-state index in [1.165, 1.54) is 11.9 Å². The van der Waals surface area contributed by atoms with E-state index in [4.69, 9.17) is 11.1 Å². The van der Waals surface area contributed by atoms with Gasteiger partial charge in [-0.3, -0.25) is 10.1 Å². The highest BCUT2D eigenvalue weighted by atomic mass is 32.2. The number of amides is 2. The fourth-order valence-electron chi connectivity index (χ4n) is 1.42. The van der Waals surface area contributed by atoms with Gasteiger partial charge in [-0.25, -0.2) is 4.79 Å². The van der Waals surface area contributed by atoms with Gasteiger partial charge in [-0.15, -0.1) is 0 Å². The van der Waals surface area contributed by atoms with Crippen molar-refractivity contribution in [3.63, 3.8) is 0 Å². The topological polar surface area (TPSA) is 82.2 Å². The molecule has 21 heavy (non-hydrogen) atoms. The number of nitrogens with zero attached hydrogens (tertiary/aromatic N) is 1. The van der Waals surface area contributed by atoms with Crippen molar-refractivity contribution >= 4 is 35.9 Å². The lowest BCUT2D eigenvalue weighted by Crippen LogP contribution is -2.40. The van der Waals surface area contributed by atoms with Gasteiger partial charge < -0.3 is 5.73 Å². The van der Waals surface area contributed by atoms with E-state index >= 15 is 0 Å². The summed E-state index contributed by atoms with van der Waals surface area (Å²) in [5.74, 6) is -0.324. The number of rotatable bonds is 4. The second kappa shape index (κ2) is 7.61. The minimum Gasteiger partial charge on any atom is -0.369 e. The Kier molecular flexibility index (Phi) is 5.53. The van der Waals surface area contributed by atoms with Gasteiger partial charge in [0.05, 0.1) is 0 Å². The molecule has 0 atom stereocenters. The number of guanidine groups is 1. The van der Waals surface area contributed by atoms with Crippen LogP contribution >= 0.6 is 23.9 Å². The molecular weight excluding hydrogens is 304 g/mol. The first kappa shape index (κ1) is 15.3. The van der Waals surface area contributed by atoms with Gasteiger partial charge in [0.2, 0.25) is 5.96 Å². The molecule has 0 saturated heterocycles. The van der Waals surface area contributed by atoms with Gasteiger partial charge >= 0.3 is 6.03 Å². The van der Waals surface area contributed by atoms with E-state index < -0.39 is 6.03 Å². The lowest BCUT2D eigenvalue weighted by atomic mass is 10.4. The number of urea groups is 1. The van der Waals surface area contributed by atoms with Crippen LogP contribution in [0.15, 0.2) is 70.5 Å². The van der Waals surface area contributed by atoms with Crippen molar-refractivity contribution < 1.29 is 4.79 Å². The SMILES string of the molecule is N=C(N)N(Sc1ccccc1)C(=O)NSc1ccccc1. The van der Waals surface area contributed by atoms with Crippen molar-refractivity contribution in [2.24, 2.45) is 5.73 Å². The molecular formula is C14H14N4OS2. The van der Waals surface area contributed by atoms with Gasteiger partial charge in [0.15, 0.2) is 0 Å². The predicted octanol–water partition coefficient (Wildman–Crippen LogP) is 3.31. The van der Waals surface area contributed by atoms with Crippen LogP contribution in [0.1, 0.15) is 0 Å². The summed E-state index contributed by atoms with van der Waals surface area (Å²) < 4.78 is 3.77. The Labute approximate surface area is 131 Å². The summed E-state index contributed by atoms with van der Waals surface area (Å²) in [7, 11) is 0. The molecule has 108 valence electrons. The molecule has 0 unspecified atom stereocenters. The maximum absolute atomic E-state index is 12.1. The molecule has 0 aromatic heterocycles. The van der Waals surface area contributed by atoms with Crippen LogP contribution in [0.5, 0.6) is 0 Å². The highest BCUT2D eigenvalue weighted by molar-refractivity contribution is 7.99. The molecule has 0 aliphatic heterocycles. The van der Waals surface area contributed by atoms with Crippen LogP contribution < -0.4 is 10.5 Å². The Morgan fingerprint density at radius 2 is 1.52 bits per heavy atom. The zero-order valence-corrected chi connectivity index (χ0v) is 12.7. The average molecular weight is 318 g/mol. The summed E-state index contributed by atoms with van der Waals surface area (Å²) in [6.07, 6.45) is 0. The molecule has 0 aliphatic carbocycles. The molecule has 0 radical (unpaired) electrons. The number of nitrogens with two attached hydrogens (primary N) is 1. The zero-order chi connectivity index (χ0) is 15.1. The lowest BCUT2D eigenvalue weighted by molar-refractivity contribution is 0.241. The first-order valence-corrected chi connectivity index (χ1v) is 7.65. The van der Waals surface area contributed by atoms with E-state index in [-0.39, 0.29) is 5.96 Å². The van der Waals surface area contributed by atoms with Crippen LogP contribution in [0, 0.1) is 5.41 Å². The maximum atomic E-state index is 12.1. The van der Waals surface area contributed by atoms with Crippen molar-refractivity contribution in [3.8, 4) is 0 Å². The number of benzene rings is 2. The molecule has 2 aromatic rings. The van der Waals surface area contributed by atoms with Gasteiger partial charge in [0.25, 0.3) is 0 Å². The van der Waals surface area contributed by atoms with E-state index in [0.717, 1.165) is 26.0 Å². The third-order valence-corrected chi connectivity index (χ3v) is 4.16. The van der Waals surface area contributed by atoms with Gasteiger partial charge in [0, 0.05) is 9.79 Å². The first-order chi connectivity index (χ1) is 10.2. The van der Waals surface area contributed by atoms with Crippen LogP contribution in [-0.4, -0.2) is 16.3 Å². The number of hydrogen-bond donors (Lipinski definition) is 3. The third kappa shape index (κ3) is 4.73. The van der Waals surface area contributed by atoms with Crippen molar-refractivity contribution in [1.82, 2.24) is 9.03 Å². The standard InChI is InChI=1S/C14H14N4OS2/c15-13(16)18(21-12-9-5-2-6-10-12)14(19)17-20-11-7-3-1-4-8-11/h1-10H,(H3,15,16)(H,17,19). The van der Waals surface area contributed by atoms with Gasteiger partial charge in [0.1, 0.15) is 0 Å². The average Bonchev–Trinajstić information content (AvgIpc) is 2.52.